The Balaban J connectivity index is 2.31. The molecule has 1 atom stereocenters. The topological polar surface area (TPSA) is 12.4 Å². The fourth-order valence-electron chi connectivity index (χ4n) is 1.78. The molecule has 0 radical (unpaired) electrons. The van der Waals surface area contributed by atoms with E-state index in [0.717, 1.165) is 12.8 Å². The summed E-state index contributed by atoms with van der Waals surface area (Å²) in [5.41, 5.74) is 2.43. The van der Waals surface area contributed by atoms with Gasteiger partial charge in [0.15, 0.2) is 0 Å². The molecule has 14 heavy (non-hydrogen) atoms. The zero-order chi connectivity index (χ0) is 10.0. The molecule has 1 aromatic carbocycles. The molecule has 1 heteroatoms. The maximum Gasteiger partial charge on any atom is 0.0764 e. The smallest absolute Gasteiger partial charge is 0.0764 e. The summed E-state index contributed by atoms with van der Waals surface area (Å²) < 4.78 is 0. The molecule has 1 nitrogen and oxygen atoms in total. The van der Waals surface area contributed by atoms with Crippen LogP contribution in [0.15, 0.2) is 48.0 Å². The SMILES string of the molecule is C=CC1(C)CCC(c2ccccc2)=N1. The van der Waals surface area contributed by atoms with E-state index in [0.29, 0.717) is 0 Å². The van der Waals surface area contributed by atoms with Crippen LogP contribution >= 0.6 is 0 Å². The van der Waals surface area contributed by atoms with Crippen molar-refractivity contribution in [2.45, 2.75) is 25.3 Å². The van der Waals surface area contributed by atoms with Crippen LogP contribution in [0.4, 0.5) is 0 Å². The number of hydrogen-bond donors (Lipinski definition) is 0. The van der Waals surface area contributed by atoms with E-state index in [2.05, 4.69) is 37.8 Å². The van der Waals surface area contributed by atoms with Crippen molar-refractivity contribution in [3.05, 3.63) is 48.6 Å². The monoisotopic (exact) mass is 185 g/mol. The van der Waals surface area contributed by atoms with Crippen molar-refractivity contribution in [2.24, 2.45) is 4.99 Å². The standard InChI is InChI=1S/C13H15N/c1-3-13(2)10-9-12(14-13)11-7-5-4-6-8-11/h3-8H,1,9-10H2,2H3. The van der Waals surface area contributed by atoms with Crippen molar-refractivity contribution in [3.8, 4) is 0 Å². The Morgan fingerprint density at radius 1 is 1.36 bits per heavy atom. The predicted molar refractivity (Wildman–Crippen MR) is 60.8 cm³/mol. The third-order valence-corrected chi connectivity index (χ3v) is 2.81. The first-order chi connectivity index (χ1) is 6.73. The molecule has 72 valence electrons. The fraction of sp³-hybridized carbons (Fsp3) is 0.308. The molecule has 1 unspecified atom stereocenters. The molecule has 2 rings (SSSR count). The zero-order valence-electron chi connectivity index (χ0n) is 8.53. The summed E-state index contributed by atoms with van der Waals surface area (Å²) >= 11 is 0. The summed E-state index contributed by atoms with van der Waals surface area (Å²) in [6.07, 6.45) is 4.09. The van der Waals surface area contributed by atoms with E-state index in [1.54, 1.807) is 0 Å². The van der Waals surface area contributed by atoms with Crippen LogP contribution in [0.3, 0.4) is 0 Å². The van der Waals surface area contributed by atoms with Crippen LogP contribution in [0.2, 0.25) is 0 Å². The second kappa shape index (κ2) is 3.41. The first-order valence-corrected chi connectivity index (χ1v) is 5.01. The van der Waals surface area contributed by atoms with E-state index < -0.39 is 0 Å². The lowest BCUT2D eigenvalue weighted by Gasteiger charge is -2.12. The second-order valence-corrected chi connectivity index (χ2v) is 3.99. The molecule has 0 spiro atoms. The van der Waals surface area contributed by atoms with E-state index in [1.807, 2.05) is 12.1 Å². The fourth-order valence-corrected chi connectivity index (χ4v) is 1.78. The quantitative estimate of drug-likeness (QED) is 0.627. The second-order valence-electron chi connectivity index (χ2n) is 3.99. The highest BCUT2D eigenvalue weighted by Gasteiger charge is 2.26. The van der Waals surface area contributed by atoms with Crippen molar-refractivity contribution in [3.63, 3.8) is 0 Å². The number of hydrogen-bond acceptors (Lipinski definition) is 1. The maximum absolute atomic E-state index is 4.71. The van der Waals surface area contributed by atoms with Gasteiger partial charge < -0.3 is 0 Å². The van der Waals surface area contributed by atoms with Gasteiger partial charge in [-0.2, -0.15) is 0 Å². The average Bonchev–Trinajstić information content (AvgIpc) is 2.63. The zero-order valence-corrected chi connectivity index (χ0v) is 8.53. The average molecular weight is 185 g/mol. The Kier molecular flexibility index (Phi) is 2.24. The van der Waals surface area contributed by atoms with Crippen molar-refractivity contribution < 1.29 is 0 Å². The van der Waals surface area contributed by atoms with Crippen LogP contribution in [0.1, 0.15) is 25.3 Å². The Morgan fingerprint density at radius 2 is 2.07 bits per heavy atom. The van der Waals surface area contributed by atoms with Gasteiger partial charge in [-0.05, 0) is 25.3 Å². The molecule has 1 heterocycles. The number of rotatable bonds is 2. The molecule has 0 bridgehead atoms. The molecular formula is C13H15N. The Hall–Kier alpha value is -1.37. The van der Waals surface area contributed by atoms with Crippen molar-refractivity contribution in [2.75, 3.05) is 0 Å². The number of aliphatic imine (C=N–C) groups is 1. The molecule has 0 fully saturated rings. The van der Waals surface area contributed by atoms with Gasteiger partial charge in [0, 0.05) is 5.71 Å². The normalized spacial score (nSPS) is 25.9. The summed E-state index contributed by atoms with van der Waals surface area (Å²) in [7, 11) is 0. The highest BCUT2D eigenvalue weighted by molar-refractivity contribution is 6.02. The summed E-state index contributed by atoms with van der Waals surface area (Å²) in [4.78, 5) is 4.71. The first-order valence-electron chi connectivity index (χ1n) is 5.01. The van der Waals surface area contributed by atoms with Crippen LogP contribution in [0.25, 0.3) is 0 Å². The molecule has 1 aliphatic rings. The summed E-state index contributed by atoms with van der Waals surface area (Å²) in [6.45, 7) is 5.97. The lowest BCUT2D eigenvalue weighted by atomic mass is 9.99. The van der Waals surface area contributed by atoms with Crippen molar-refractivity contribution in [1.29, 1.82) is 0 Å². The Labute approximate surface area is 85.2 Å². The first kappa shape index (κ1) is 9.20. The summed E-state index contributed by atoms with van der Waals surface area (Å²) in [5, 5.41) is 0. The minimum atomic E-state index is -0.0365. The summed E-state index contributed by atoms with van der Waals surface area (Å²) in [5.74, 6) is 0. The molecule has 0 aromatic heterocycles. The van der Waals surface area contributed by atoms with Gasteiger partial charge in [-0.25, -0.2) is 0 Å². The highest BCUT2D eigenvalue weighted by Crippen LogP contribution is 2.28. The Bertz CT molecular complexity index is 364. The lowest BCUT2D eigenvalue weighted by molar-refractivity contribution is 0.588. The largest absolute Gasteiger partial charge is 0.279 e. The van der Waals surface area contributed by atoms with Crippen LogP contribution in [0.5, 0.6) is 0 Å². The van der Waals surface area contributed by atoms with E-state index in [-0.39, 0.29) is 5.54 Å². The molecule has 0 amide bonds. The lowest BCUT2D eigenvalue weighted by Crippen LogP contribution is -2.12. The minimum Gasteiger partial charge on any atom is -0.279 e. The van der Waals surface area contributed by atoms with E-state index in [4.69, 9.17) is 4.99 Å². The van der Waals surface area contributed by atoms with Gasteiger partial charge in [0.25, 0.3) is 0 Å². The third-order valence-electron chi connectivity index (χ3n) is 2.81. The van der Waals surface area contributed by atoms with Gasteiger partial charge in [0.2, 0.25) is 0 Å². The van der Waals surface area contributed by atoms with Gasteiger partial charge >= 0.3 is 0 Å². The molecule has 1 aliphatic heterocycles. The summed E-state index contributed by atoms with van der Waals surface area (Å²) in [6, 6.07) is 10.4. The van der Waals surface area contributed by atoms with Gasteiger partial charge in [0.1, 0.15) is 0 Å². The van der Waals surface area contributed by atoms with Crippen LogP contribution in [0, 0.1) is 0 Å². The minimum absolute atomic E-state index is 0.0365. The number of benzene rings is 1. The molecule has 0 saturated carbocycles. The van der Waals surface area contributed by atoms with Crippen LogP contribution in [-0.4, -0.2) is 11.3 Å². The van der Waals surface area contributed by atoms with Crippen LogP contribution in [-0.2, 0) is 0 Å². The van der Waals surface area contributed by atoms with Gasteiger partial charge in [-0.3, -0.25) is 4.99 Å². The molecular weight excluding hydrogens is 170 g/mol. The van der Waals surface area contributed by atoms with Crippen molar-refractivity contribution >= 4 is 5.71 Å². The Morgan fingerprint density at radius 3 is 2.64 bits per heavy atom. The van der Waals surface area contributed by atoms with Gasteiger partial charge in [-0.1, -0.05) is 36.4 Å². The highest BCUT2D eigenvalue weighted by atomic mass is 14.9. The predicted octanol–water partition coefficient (Wildman–Crippen LogP) is 3.21. The van der Waals surface area contributed by atoms with Crippen LogP contribution < -0.4 is 0 Å². The number of nitrogens with zero attached hydrogens (tertiary/aromatic N) is 1. The van der Waals surface area contributed by atoms with Gasteiger partial charge in [0.05, 0.1) is 5.54 Å². The molecule has 0 saturated heterocycles. The third kappa shape index (κ3) is 1.63. The molecule has 1 aromatic rings. The molecule has 0 N–H and O–H groups in total. The van der Waals surface area contributed by atoms with Crippen molar-refractivity contribution in [1.82, 2.24) is 0 Å². The van der Waals surface area contributed by atoms with E-state index in [9.17, 15) is 0 Å². The molecule has 0 aliphatic carbocycles. The maximum atomic E-state index is 4.71. The van der Waals surface area contributed by atoms with E-state index >= 15 is 0 Å². The van der Waals surface area contributed by atoms with E-state index in [1.165, 1.54) is 11.3 Å². The van der Waals surface area contributed by atoms with Gasteiger partial charge in [-0.15, -0.1) is 6.58 Å².